The van der Waals surface area contributed by atoms with Crippen molar-refractivity contribution in [2.75, 3.05) is 0 Å². The second-order valence-corrected chi connectivity index (χ2v) is 8.40. The van der Waals surface area contributed by atoms with Crippen LogP contribution in [0.1, 0.15) is 41.8 Å². The van der Waals surface area contributed by atoms with E-state index in [9.17, 15) is 26.4 Å². The van der Waals surface area contributed by atoms with Gasteiger partial charge in [0.2, 0.25) is 0 Å². The number of rotatable bonds is 6. The highest BCUT2D eigenvalue weighted by atomic mass is 32.2. The Morgan fingerprint density at radius 1 is 1.27 bits per heavy atom. The van der Waals surface area contributed by atoms with Crippen LogP contribution < -0.4 is 10.5 Å². The summed E-state index contributed by atoms with van der Waals surface area (Å²) in [6.07, 6.45) is -4.50. The lowest BCUT2D eigenvalue weighted by Crippen LogP contribution is -2.30. The van der Waals surface area contributed by atoms with Crippen molar-refractivity contribution in [1.29, 1.82) is 0 Å². The molecule has 3 aromatic rings. The van der Waals surface area contributed by atoms with Gasteiger partial charge in [-0.15, -0.1) is 0 Å². The van der Waals surface area contributed by atoms with Crippen molar-refractivity contribution in [3.8, 4) is 0 Å². The first-order valence-corrected chi connectivity index (χ1v) is 10.4. The van der Waals surface area contributed by atoms with Crippen LogP contribution in [0.15, 0.2) is 35.4 Å². The Morgan fingerprint density at radius 2 is 1.93 bits per heavy atom. The van der Waals surface area contributed by atoms with Crippen LogP contribution in [0.3, 0.4) is 0 Å². The van der Waals surface area contributed by atoms with Crippen LogP contribution in [0.5, 0.6) is 0 Å². The molecule has 30 heavy (non-hydrogen) atoms. The minimum Gasteiger partial charge on any atom is -0.364 e. The SMILES string of the molecule is CCn1c([C@@H](C)NS(=O)(=O)c2ccc(C(N)=O)n2C)nc2ccc(C(F)(F)F)cc21. The third-order valence-electron chi connectivity index (χ3n) is 4.74. The first kappa shape index (κ1) is 21.8. The number of imidazole rings is 1. The lowest BCUT2D eigenvalue weighted by molar-refractivity contribution is -0.137. The molecule has 1 amide bonds. The molecule has 162 valence electrons. The Kier molecular flexibility index (Phi) is 5.41. The molecule has 0 unspecified atom stereocenters. The van der Waals surface area contributed by atoms with Crippen LogP contribution in [-0.4, -0.2) is 28.4 Å². The number of benzene rings is 1. The molecule has 0 saturated carbocycles. The van der Waals surface area contributed by atoms with Crippen LogP contribution in [-0.2, 0) is 29.8 Å². The number of halogens is 3. The number of carbonyl (C=O) groups is 1. The minimum absolute atomic E-state index is 0.0171. The summed E-state index contributed by atoms with van der Waals surface area (Å²) in [5.74, 6) is -0.514. The number of aryl methyl sites for hydroxylation is 1. The Bertz CT molecular complexity index is 1230. The zero-order valence-electron chi connectivity index (χ0n) is 16.4. The fourth-order valence-corrected chi connectivity index (χ4v) is 4.73. The summed E-state index contributed by atoms with van der Waals surface area (Å²) in [6.45, 7) is 3.55. The van der Waals surface area contributed by atoms with E-state index in [-0.39, 0.29) is 28.6 Å². The van der Waals surface area contributed by atoms with Crippen molar-refractivity contribution >= 4 is 27.0 Å². The smallest absolute Gasteiger partial charge is 0.364 e. The third kappa shape index (κ3) is 3.79. The topological polar surface area (TPSA) is 112 Å². The molecule has 12 heteroatoms. The average molecular weight is 443 g/mol. The molecular weight excluding hydrogens is 423 g/mol. The fourth-order valence-electron chi connectivity index (χ4n) is 3.34. The summed E-state index contributed by atoms with van der Waals surface area (Å²) in [6, 6.07) is 4.86. The largest absolute Gasteiger partial charge is 0.416 e. The zero-order valence-corrected chi connectivity index (χ0v) is 17.2. The Hall–Kier alpha value is -2.86. The van der Waals surface area contributed by atoms with E-state index in [1.807, 2.05) is 0 Å². The van der Waals surface area contributed by atoms with Gasteiger partial charge in [0.15, 0.2) is 5.03 Å². The maximum Gasteiger partial charge on any atom is 0.416 e. The monoisotopic (exact) mass is 443 g/mol. The molecule has 0 bridgehead atoms. The van der Waals surface area contributed by atoms with Gasteiger partial charge in [-0.2, -0.15) is 17.9 Å². The summed E-state index contributed by atoms with van der Waals surface area (Å²) in [5.41, 5.74) is 5.00. The molecular formula is C18H20F3N5O3S. The number of hydrogen-bond acceptors (Lipinski definition) is 4. The summed E-state index contributed by atoms with van der Waals surface area (Å²) in [5, 5.41) is -0.179. The second kappa shape index (κ2) is 7.43. The molecule has 0 saturated heterocycles. The number of alkyl halides is 3. The number of nitrogens with two attached hydrogens (primary N) is 1. The molecule has 0 spiro atoms. The van der Waals surface area contributed by atoms with Crippen LogP contribution in [0.4, 0.5) is 13.2 Å². The van der Waals surface area contributed by atoms with Gasteiger partial charge in [-0.3, -0.25) is 4.79 Å². The number of carbonyl (C=O) groups excluding carboxylic acids is 1. The molecule has 3 rings (SSSR count). The van der Waals surface area contributed by atoms with Gasteiger partial charge in [-0.25, -0.2) is 13.4 Å². The van der Waals surface area contributed by atoms with Gasteiger partial charge in [0, 0.05) is 13.6 Å². The van der Waals surface area contributed by atoms with Crippen molar-refractivity contribution < 1.29 is 26.4 Å². The molecule has 8 nitrogen and oxygen atoms in total. The summed E-state index contributed by atoms with van der Waals surface area (Å²) in [4.78, 5) is 15.7. The fraction of sp³-hybridized carbons (Fsp3) is 0.333. The third-order valence-corrected chi connectivity index (χ3v) is 6.37. The number of aromatic nitrogens is 3. The molecule has 0 aliphatic rings. The van der Waals surface area contributed by atoms with Gasteiger partial charge in [0.05, 0.1) is 22.6 Å². The molecule has 0 aliphatic heterocycles. The number of sulfonamides is 1. The maximum atomic E-state index is 13.1. The van der Waals surface area contributed by atoms with E-state index < -0.39 is 33.7 Å². The van der Waals surface area contributed by atoms with Gasteiger partial charge in [0.1, 0.15) is 11.5 Å². The Morgan fingerprint density at radius 3 is 2.47 bits per heavy atom. The van der Waals surface area contributed by atoms with Gasteiger partial charge in [-0.05, 0) is 44.2 Å². The van der Waals surface area contributed by atoms with E-state index >= 15 is 0 Å². The predicted molar refractivity (Wildman–Crippen MR) is 103 cm³/mol. The lowest BCUT2D eigenvalue weighted by Gasteiger charge is -2.16. The van der Waals surface area contributed by atoms with Crippen molar-refractivity contribution in [1.82, 2.24) is 18.8 Å². The number of amides is 1. The van der Waals surface area contributed by atoms with Gasteiger partial charge in [0.25, 0.3) is 15.9 Å². The summed E-state index contributed by atoms with van der Waals surface area (Å²) in [7, 11) is -2.68. The molecule has 1 aromatic carbocycles. The first-order valence-electron chi connectivity index (χ1n) is 8.92. The van der Waals surface area contributed by atoms with Crippen molar-refractivity contribution in [3.63, 3.8) is 0 Å². The molecule has 1 atom stereocenters. The standard InChI is InChI=1S/C18H20F3N5O3S/c1-4-26-14-9-11(18(19,20)21)5-6-12(14)23-17(26)10(2)24-30(28,29)15-8-7-13(16(22)27)25(15)3/h5-10,24H,4H2,1-3H3,(H2,22,27)/t10-/m1/s1. The second-order valence-electron chi connectivity index (χ2n) is 6.74. The normalized spacial score (nSPS) is 13.7. The summed E-state index contributed by atoms with van der Waals surface area (Å²) < 4.78 is 69.9. The molecule has 3 N–H and O–H groups in total. The Balaban J connectivity index is 2.00. The molecule has 0 aliphatic carbocycles. The van der Waals surface area contributed by atoms with Gasteiger partial charge >= 0.3 is 6.18 Å². The van der Waals surface area contributed by atoms with Crippen LogP contribution in [0.25, 0.3) is 11.0 Å². The van der Waals surface area contributed by atoms with Crippen LogP contribution in [0.2, 0.25) is 0 Å². The Labute approximate surface area is 170 Å². The minimum atomic E-state index is -4.50. The van der Waals surface area contributed by atoms with E-state index in [4.69, 9.17) is 5.73 Å². The van der Waals surface area contributed by atoms with Gasteiger partial charge in [-0.1, -0.05) is 0 Å². The van der Waals surface area contributed by atoms with E-state index in [0.29, 0.717) is 5.52 Å². The van der Waals surface area contributed by atoms with E-state index in [2.05, 4.69) is 9.71 Å². The molecule has 0 fully saturated rings. The summed E-state index contributed by atoms with van der Waals surface area (Å²) >= 11 is 0. The number of nitrogens with zero attached hydrogens (tertiary/aromatic N) is 3. The number of hydrogen-bond donors (Lipinski definition) is 2. The predicted octanol–water partition coefficient (Wildman–Crippen LogP) is 2.55. The molecule has 2 aromatic heterocycles. The van der Waals surface area contributed by atoms with Crippen molar-refractivity contribution in [2.24, 2.45) is 12.8 Å². The highest BCUT2D eigenvalue weighted by molar-refractivity contribution is 7.89. The van der Waals surface area contributed by atoms with Crippen LogP contribution >= 0.6 is 0 Å². The van der Waals surface area contributed by atoms with Crippen molar-refractivity contribution in [2.45, 2.75) is 37.6 Å². The highest BCUT2D eigenvalue weighted by Gasteiger charge is 2.32. The number of nitrogens with one attached hydrogen (secondary N) is 1. The lowest BCUT2D eigenvalue weighted by atomic mass is 10.2. The maximum absolute atomic E-state index is 13.1. The van der Waals surface area contributed by atoms with E-state index in [1.165, 1.54) is 36.7 Å². The first-order chi connectivity index (χ1) is 13.9. The van der Waals surface area contributed by atoms with Crippen molar-refractivity contribution in [3.05, 3.63) is 47.4 Å². The average Bonchev–Trinajstić information content (AvgIpc) is 3.20. The van der Waals surface area contributed by atoms with E-state index in [1.54, 1.807) is 6.92 Å². The number of primary amides is 1. The zero-order chi connectivity index (χ0) is 22.4. The molecule has 0 radical (unpaired) electrons. The van der Waals surface area contributed by atoms with E-state index in [0.717, 1.165) is 16.7 Å². The highest BCUT2D eigenvalue weighted by Crippen LogP contribution is 2.32. The van der Waals surface area contributed by atoms with Crippen LogP contribution in [0, 0.1) is 0 Å². The van der Waals surface area contributed by atoms with Gasteiger partial charge < -0.3 is 14.9 Å². The number of fused-ring (bicyclic) bond motifs is 1. The quantitative estimate of drug-likeness (QED) is 0.610. The molecule has 2 heterocycles.